The van der Waals surface area contributed by atoms with Crippen molar-refractivity contribution in [3.8, 4) is 11.1 Å². The second-order valence-corrected chi connectivity index (χ2v) is 5.88. The Hall–Kier alpha value is -2.74. The van der Waals surface area contributed by atoms with Crippen LogP contribution in [0.2, 0.25) is 0 Å². The van der Waals surface area contributed by atoms with Crippen molar-refractivity contribution >= 4 is 5.78 Å². The molecule has 1 atom stereocenters. The molecule has 3 aromatic carbocycles. The highest BCUT2D eigenvalue weighted by Gasteiger charge is 2.46. The largest absolute Gasteiger partial charge is 0.290 e. The van der Waals surface area contributed by atoms with Crippen molar-refractivity contribution in [1.82, 2.24) is 0 Å². The molecule has 1 aliphatic rings. The van der Waals surface area contributed by atoms with Crippen LogP contribution in [-0.2, 0) is 12.1 Å². The Morgan fingerprint density at radius 3 is 2.00 bits per heavy atom. The first-order chi connectivity index (χ1) is 11.2. The zero-order chi connectivity index (χ0) is 15.9. The summed E-state index contributed by atoms with van der Waals surface area (Å²) < 4.78 is 16.0. The predicted molar refractivity (Wildman–Crippen MR) is 89.1 cm³/mol. The molecule has 3 aromatic rings. The third-order valence-electron chi connectivity index (χ3n) is 4.47. The maximum absolute atomic E-state index is 16.0. The van der Waals surface area contributed by atoms with Crippen LogP contribution in [0, 0.1) is 0 Å². The van der Waals surface area contributed by atoms with E-state index in [-0.39, 0.29) is 6.42 Å². The highest BCUT2D eigenvalue weighted by Crippen LogP contribution is 2.45. The van der Waals surface area contributed by atoms with Gasteiger partial charge >= 0.3 is 0 Å². The number of ketones is 1. The molecule has 0 N–H and O–H groups in total. The Morgan fingerprint density at radius 1 is 0.696 bits per heavy atom. The fraction of sp³-hybridized carbons (Fsp3) is 0.0952. The second-order valence-electron chi connectivity index (χ2n) is 5.88. The van der Waals surface area contributed by atoms with Crippen molar-refractivity contribution in [3.63, 3.8) is 0 Å². The third-order valence-corrected chi connectivity index (χ3v) is 4.47. The minimum Gasteiger partial charge on any atom is -0.290 e. The number of hydrogen-bond acceptors (Lipinski definition) is 1. The van der Waals surface area contributed by atoms with Crippen LogP contribution >= 0.6 is 0 Å². The summed E-state index contributed by atoms with van der Waals surface area (Å²) in [6, 6.07) is 23.9. The van der Waals surface area contributed by atoms with Gasteiger partial charge in [0, 0.05) is 17.5 Å². The molecule has 1 aliphatic carbocycles. The van der Waals surface area contributed by atoms with Gasteiger partial charge in [-0.2, -0.15) is 0 Å². The number of hydrogen-bond donors (Lipinski definition) is 0. The quantitative estimate of drug-likeness (QED) is 0.654. The van der Waals surface area contributed by atoms with E-state index in [2.05, 4.69) is 0 Å². The lowest BCUT2D eigenvalue weighted by molar-refractivity contribution is 0.0672. The SMILES string of the molecule is O=C1c2ccccc2-c2ccccc2C1(F)Cc1ccccc1. The summed E-state index contributed by atoms with van der Waals surface area (Å²) in [5.74, 6) is -0.448. The molecule has 0 spiro atoms. The zero-order valence-corrected chi connectivity index (χ0v) is 12.5. The third kappa shape index (κ3) is 2.10. The molecule has 0 radical (unpaired) electrons. The van der Waals surface area contributed by atoms with Crippen molar-refractivity contribution in [1.29, 1.82) is 0 Å². The summed E-state index contributed by atoms with van der Waals surface area (Å²) in [6.45, 7) is 0. The maximum atomic E-state index is 16.0. The molecule has 1 unspecified atom stereocenters. The van der Waals surface area contributed by atoms with E-state index in [0.717, 1.165) is 16.7 Å². The van der Waals surface area contributed by atoms with Gasteiger partial charge in [-0.05, 0) is 16.7 Å². The van der Waals surface area contributed by atoms with Gasteiger partial charge in [-0.15, -0.1) is 0 Å². The van der Waals surface area contributed by atoms with Gasteiger partial charge < -0.3 is 0 Å². The van der Waals surface area contributed by atoms with Gasteiger partial charge in [0.25, 0.3) is 0 Å². The van der Waals surface area contributed by atoms with Gasteiger partial charge in [-0.3, -0.25) is 4.79 Å². The summed E-state index contributed by atoms with van der Waals surface area (Å²) in [5, 5.41) is 0. The van der Waals surface area contributed by atoms with E-state index in [1.807, 2.05) is 54.6 Å². The minimum atomic E-state index is -2.02. The van der Waals surface area contributed by atoms with Crippen molar-refractivity contribution in [2.45, 2.75) is 12.1 Å². The van der Waals surface area contributed by atoms with Crippen LogP contribution in [0.3, 0.4) is 0 Å². The van der Waals surface area contributed by atoms with Crippen LogP contribution in [0.25, 0.3) is 11.1 Å². The molecule has 4 rings (SSSR count). The first kappa shape index (κ1) is 13.9. The van der Waals surface area contributed by atoms with Crippen molar-refractivity contribution in [2.75, 3.05) is 0 Å². The first-order valence-corrected chi connectivity index (χ1v) is 7.67. The standard InChI is InChI=1S/C21H15FO/c22-21(14-15-8-2-1-3-9-15)19-13-7-6-11-17(19)16-10-4-5-12-18(16)20(21)23/h1-13H,14H2. The molecular weight excluding hydrogens is 287 g/mol. The van der Waals surface area contributed by atoms with Gasteiger partial charge in [0.2, 0.25) is 11.5 Å². The Labute approximate surface area is 134 Å². The predicted octanol–water partition coefficient (Wildman–Crippen LogP) is 4.96. The molecule has 112 valence electrons. The van der Waals surface area contributed by atoms with Gasteiger partial charge in [0.15, 0.2) is 0 Å². The van der Waals surface area contributed by atoms with Crippen molar-refractivity contribution < 1.29 is 9.18 Å². The number of carbonyl (C=O) groups excluding carboxylic acids is 1. The number of carbonyl (C=O) groups is 1. The highest BCUT2D eigenvalue weighted by atomic mass is 19.1. The summed E-state index contributed by atoms with van der Waals surface area (Å²) >= 11 is 0. The van der Waals surface area contributed by atoms with Gasteiger partial charge in [0.1, 0.15) is 0 Å². The molecule has 0 fully saturated rings. The molecule has 0 bridgehead atoms. The first-order valence-electron chi connectivity index (χ1n) is 7.67. The lowest BCUT2D eigenvalue weighted by atomic mass is 9.73. The fourth-order valence-electron chi connectivity index (χ4n) is 3.37. The molecule has 0 heterocycles. The van der Waals surface area contributed by atoms with Crippen molar-refractivity contribution in [2.24, 2.45) is 0 Å². The topological polar surface area (TPSA) is 17.1 Å². The van der Waals surface area contributed by atoms with Crippen LogP contribution in [0.15, 0.2) is 78.9 Å². The Balaban J connectivity index is 1.93. The van der Waals surface area contributed by atoms with E-state index < -0.39 is 11.5 Å². The Kier molecular flexibility index (Phi) is 3.12. The summed E-state index contributed by atoms with van der Waals surface area (Å²) in [5.41, 5.74) is 1.34. The zero-order valence-electron chi connectivity index (χ0n) is 12.5. The maximum Gasteiger partial charge on any atom is 0.205 e. The summed E-state index contributed by atoms with van der Waals surface area (Å²) in [4.78, 5) is 12.9. The van der Waals surface area contributed by atoms with E-state index in [1.165, 1.54) is 0 Å². The molecule has 23 heavy (non-hydrogen) atoms. The monoisotopic (exact) mass is 302 g/mol. The van der Waals surface area contributed by atoms with Gasteiger partial charge in [-0.25, -0.2) is 4.39 Å². The average Bonchev–Trinajstić information content (AvgIpc) is 2.61. The molecule has 0 aromatic heterocycles. The van der Waals surface area contributed by atoms with Gasteiger partial charge in [0.05, 0.1) is 0 Å². The molecule has 0 saturated carbocycles. The number of alkyl halides is 1. The number of benzene rings is 3. The van der Waals surface area contributed by atoms with E-state index in [9.17, 15) is 4.79 Å². The van der Waals surface area contributed by atoms with Crippen molar-refractivity contribution in [3.05, 3.63) is 95.6 Å². The molecule has 0 aliphatic heterocycles. The molecule has 1 nitrogen and oxygen atoms in total. The number of rotatable bonds is 2. The second kappa shape index (κ2) is 5.17. The van der Waals surface area contributed by atoms with Crippen LogP contribution in [0.1, 0.15) is 21.5 Å². The fourth-order valence-corrected chi connectivity index (χ4v) is 3.37. The Bertz CT molecular complexity index is 885. The molecular formula is C21H15FO. The minimum absolute atomic E-state index is 0.0536. The van der Waals surface area contributed by atoms with Crippen LogP contribution in [0.5, 0.6) is 0 Å². The number of fused-ring (bicyclic) bond motifs is 3. The van der Waals surface area contributed by atoms with Gasteiger partial charge in [-0.1, -0.05) is 78.9 Å². The van der Waals surface area contributed by atoms with Crippen LogP contribution in [0.4, 0.5) is 4.39 Å². The average molecular weight is 302 g/mol. The molecule has 2 heteroatoms. The summed E-state index contributed by atoms with van der Waals surface area (Å²) in [6.07, 6.45) is 0.0536. The number of Topliss-reactive ketones (excluding diaryl/α,β-unsaturated/α-hetero) is 1. The van der Waals surface area contributed by atoms with E-state index in [4.69, 9.17) is 0 Å². The molecule has 0 amide bonds. The van der Waals surface area contributed by atoms with Crippen LogP contribution < -0.4 is 0 Å². The summed E-state index contributed by atoms with van der Waals surface area (Å²) in [7, 11) is 0. The lowest BCUT2D eigenvalue weighted by Crippen LogP contribution is -2.37. The normalized spacial score (nSPS) is 19.1. The Morgan fingerprint density at radius 2 is 1.26 bits per heavy atom. The van der Waals surface area contributed by atoms with Crippen LogP contribution in [-0.4, -0.2) is 5.78 Å². The lowest BCUT2D eigenvalue weighted by Gasteiger charge is -2.32. The van der Waals surface area contributed by atoms with E-state index in [1.54, 1.807) is 24.3 Å². The highest BCUT2D eigenvalue weighted by molar-refractivity contribution is 6.12. The molecule has 0 saturated heterocycles. The number of halogens is 1. The van der Waals surface area contributed by atoms with E-state index >= 15 is 4.39 Å². The smallest absolute Gasteiger partial charge is 0.205 e. The van der Waals surface area contributed by atoms with E-state index in [0.29, 0.717) is 11.1 Å².